The molecular formula is C30H30F3NO4. The van der Waals surface area contributed by atoms with Crippen LogP contribution in [0.25, 0.3) is 11.1 Å². The molecule has 0 saturated carbocycles. The maximum atomic E-state index is 14.0. The van der Waals surface area contributed by atoms with Gasteiger partial charge in [0.2, 0.25) is 0 Å². The van der Waals surface area contributed by atoms with E-state index in [1.165, 1.54) is 6.07 Å². The van der Waals surface area contributed by atoms with Crippen LogP contribution in [0, 0.1) is 5.41 Å². The van der Waals surface area contributed by atoms with E-state index < -0.39 is 35.2 Å². The van der Waals surface area contributed by atoms with Crippen LogP contribution in [-0.2, 0) is 15.7 Å². The Morgan fingerprint density at radius 1 is 0.868 bits per heavy atom. The van der Waals surface area contributed by atoms with Crippen LogP contribution >= 0.6 is 0 Å². The van der Waals surface area contributed by atoms with Crippen molar-refractivity contribution >= 4 is 17.7 Å². The summed E-state index contributed by atoms with van der Waals surface area (Å²) in [5, 5.41) is 2.19. The summed E-state index contributed by atoms with van der Waals surface area (Å²) in [6.07, 6.45) is -4.72. The second kappa shape index (κ2) is 10.9. The zero-order valence-electron chi connectivity index (χ0n) is 21.5. The molecule has 4 rings (SSSR count). The van der Waals surface area contributed by atoms with Crippen molar-refractivity contribution < 1.29 is 32.2 Å². The Labute approximate surface area is 220 Å². The number of carbonyl (C=O) groups excluding carboxylic acids is 2. The highest BCUT2D eigenvalue weighted by molar-refractivity contribution is 5.87. The van der Waals surface area contributed by atoms with Crippen molar-refractivity contribution in [1.82, 2.24) is 0 Å². The Morgan fingerprint density at radius 2 is 1.47 bits per heavy atom. The summed E-state index contributed by atoms with van der Waals surface area (Å²) in [6.45, 7) is 5.99. The van der Waals surface area contributed by atoms with Gasteiger partial charge in [-0.2, -0.15) is 13.2 Å². The molecule has 3 aromatic carbocycles. The quantitative estimate of drug-likeness (QED) is 0.250. The fourth-order valence-corrected chi connectivity index (χ4v) is 4.69. The van der Waals surface area contributed by atoms with Crippen molar-refractivity contribution in [3.8, 4) is 16.9 Å². The minimum Gasteiger partial charge on any atom is -0.448 e. The molecule has 1 amide bonds. The number of rotatable bonds is 7. The van der Waals surface area contributed by atoms with Crippen LogP contribution < -0.4 is 10.1 Å². The molecule has 1 aliphatic carbocycles. The van der Waals surface area contributed by atoms with E-state index in [2.05, 4.69) is 5.32 Å². The molecule has 5 nitrogen and oxygen atoms in total. The van der Waals surface area contributed by atoms with Crippen LogP contribution in [0.3, 0.4) is 0 Å². The summed E-state index contributed by atoms with van der Waals surface area (Å²) in [5.41, 5.74) is 2.25. The van der Waals surface area contributed by atoms with Crippen LogP contribution in [0.2, 0.25) is 0 Å². The Kier molecular flexibility index (Phi) is 7.81. The zero-order valence-corrected chi connectivity index (χ0v) is 21.5. The first-order valence-corrected chi connectivity index (χ1v) is 12.5. The van der Waals surface area contributed by atoms with E-state index in [-0.39, 0.29) is 24.4 Å². The van der Waals surface area contributed by atoms with E-state index >= 15 is 0 Å². The van der Waals surface area contributed by atoms with Gasteiger partial charge in [0.15, 0.2) is 0 Å². The first kappa shape index (κ1) is 27.2. The Morgan fingerprint density at radius 3 is 2.05 bits per heavy atom. The number of hydrogen-bond donors (Lipinski definition) is 1. The lowest BCUT2D eigenvalue weighted by Gasteiger charge is -2.19. The lowest BCUT2D eigenvalue weighted by atomic mass is 9.90. The molecule has 1 aliphatic rings. The molecule has 0 unspecified atom stereocenters. The summed E-state index contributed by atoms with van der Waals surface area (Å²) in [6, 6.07) is 18.9. The average Bonchev–Trinajstić information content (AvgIpc) is 3.15. The van der Waals surface area contributed by atoms with Gasteiger partial charge in [-0.05, 0) is 52.6 Å². The molecular weight excluding hydrogens is 495 g/mol. The van der Waals surface area contributed by atoms with Crippen molar-refractivity contribution in [1.29, 1.82) is 0 Å². The van der Waals surface area contributed by atoms with Crippen LogP contribution in [0.1, 0.15) is 62.6 Å². The molecule has 8 heteroatoms. The number of carbonyl (C=O) groups is 2. The van der Waals surface area contributed by atoms with Crippen LogP contribution in [0.15, 0.2) is 66.7 Å². The number of nitrogens with one attached hydrogen (secondary N) is 1. The van der Waals surface area contributed by atoms with Gasteiger partial charge in [-0.15, -0.1) is 0 Å². The van der Waals surface area contributed by atoms with Gasteiger partial charge in [0.05, 0.1) is 5.69 Å². The topological polar surface area (TPSA) is 64.6 Å². The lowest BCUT2D eigenvalue weighted by Crippen LogP contribution is -2.21. The number of benzene rings is 3. The molecule has 0 bridgehead atoms. The number of hydrogen-bond acceptors (Lipinski definition) is 4. The predicted octanol–water partition coefficient (Wildman–Crippen LogP) is 8.19. The fraction of sp³-hybridized carbons (Fsp3) is 0.333. The van der Waals surface area contributed by atoms with Crippen LogP contribution in [0.4, 0.5) is 23.7 Å². The van der Waals surface area contributed by atoms with Crippen molar-refractivity contribution in [3.05, 3.63) is 83.4 Å². The van der Waals surface area contributed by atoms with E-state index in [0.717, 1.165) is 40.8 Å². The summed E-state index contributed by atoms with van der Waals surface area (Å²) in [4.78, 5) is 24.9. The van der Waals surface area contributed by atoms with Gasteiger partial charge < -0.3 is 9.47 Å². The maximum Gasteiger partial charge on any atom is 0.422 e. The molecule has 0 heterocycles. The molecule has 1 N–H and O–H groups in total. The van der Waals surface area contributed by atoms with Crippen molar-refractivity contribution in [2.24, 2.45) is 5.41 Å². The molecule has 0 atom stereocenters. The number of alkyl halides is 3. The predicted molar refractivity (Wildman–Crippen MR) is 139 cm³/mol. The Hall–Kier alpha value is -3.81. The molecule has 0 aromatic heterocycles. The second-order valence-corrected chi connectivity index (χ2v) is 10.5. The van der Waals surface area contributed by atoms with E-state index in [9.17, 15) is 22.8 Å². The van der Waals surface area contributed by atoms with Crippen molar-refractivity contribution in [3.63, 3.8) is 0 Å². The van der Waals surface area contributed by atoms with Crippen molar-refractivity contribution in [2.75, 3.05) is 11.9 Å². The molecule has 0 spiro atoms. The Bertz CT molecular complexity index is 1280. The number of ether oxygens (including phenoxy) is 2. The van der Waals surface area contributed by atoms with Gasteiger partial charge in [0, 0.05) is 12.3 Å². The standard InChI is InChI=1S/C30H30F3NO4/c1-29(2,3)17-9-16-26(35)38-25-15-8-14-24(27(25)30(31,32)33)34-28(36)37-18-23-21-12-6-4-10-19(21)20-11-5-7-13-22(20)23/h4-8,10-15,23H,9,16-18H2,1-3H3,(H,34,36). The number of amides is 1. The Balaban J connectivity index is 1.46. The fourth-order valence-electron chi connectivity index (χ4n) is 4.69. The largest absolute Gasteiger partial charge is 0.448 e. The number of esters is 1. The van der Waals surface area contributed by atoms with Crippen LogP contribution in [-0.4, -0.2) is 18.7 Å². The first-order valence-electron chi connectivity index (χ1n) is 12.5. The third-order valence-corrected chi connectivity index (χ3v) is 6.42. The average molecular weight is 526 g/mol. The summed E-state index contributed by atoms with van der Waals surface area (Å²) in [5.74, 6) is -1.66. The van der Waals surface area contributed by atoms with E-state index in [0.29, 0.717) is 6.42 Å². The van der Waals surface area contributed by atoms with Gasteiger partial charge in [-0.25, -0.2) is 4.79 Å². The monoisotopic (exact) mass is 525 g/mol. The number of halogens is 3. The first-order chi connectivity index (χ1) is 17.9. The summed E-state index contributed by atoms with van der Waals surface area (Å²) >= 11 is 0. The molecule has 0 saturated heterocycles. The highest BCUT2D eigenvalue weighted by Crippen LogP contribution is 2.45. The molecule has 0 aliphatic heterocycles. The van der Waals surface area contributed by atoms with Gasteiger partial charge in [0.25, 0.3) is 0 Å². The van der Waals surface area contributed by atoms with E-state index in [1.807, 2.05) is 69.3 Å². The summed E-state index contributed by atoms with van der Waals surface area (Å²) < 4.78 is 52.5. The molecule has 0 fully saturated rings. The highest BCUT2D eigenvalue weighted by atomic mass is 19.4. The second-order valence-electron chi connectivity index (χ2n) is 10.5. The maximum absolute atomic E-state index is 14.0. The minimum atomic E-state index is -4.88. The third-order valence-electron chi connectivity index (χ3n) is 6.42. The van der Waals surface area contributed by atoms with E-state index in [1.54, 1.807) is 0 Å². The smallest absolute Gasteiger partial charge is 0.422 e. The van der Waals surface area contributed by atoms with Gasteiger partial charge in [0.1, 0.15) is 17.9 Å². The molecule has 3 aromatic rings. The van der Waals surface area contributed by atoms with Gasteiger partial charge in [-0.1, -0.05) is 75.4 Å². The minimum absolute atomic E-state index is 0.00966. The van der Waals surface area contributed by atoms with Crippen molar-refractivity contribution in [2.45, 2.75) is 52.1 Å². The lowest BCUT2D eigenvalue weighted by molar-refractivity contribution is -0.141. The number of anilines is 1. The SMILES string of the molecule is CC(C)(C)CCCC(=O)Oc1cccc(NC(=O)OCC2c3ccccc3-c3ccccc32)c1C(F)(F)F. The zero-order chi connectivity index (χ0) is 27.5. The molecule has 200 valence electrons. The van der Waals surface area contributed by atoms with Gasteiger partial charge >= 0.3 is 18.2 Å². The summed E-state index contributed by atoms with van der Waals surface area (Å²) in [7, 11) is 0. The van der Waals surface area contributed by atoms with Gasteiger partial charge in [-0.3, -0.25) is 10.1 Å². The molecule has 0 radical (unpaired) electrons. The molecule has 38 heavy (non-hydrogen) atoms. The third kappa shape index (κ3) is 6.36. The normalized spacial score (nSPS) is 13.0. The van der Waals surface area contributed by atoms with E-state index in [4.69, 9.17) is 9.47 Å². The highest BCUT2D eigenvalue weighted by Gasteiger charge is 2.39. The van der Waals surface area contributed by atoms with Crippen LogP contribution in [0.5, 0.6) is 5.75 Å². The number of fused-ring (bicyclic) bond motifs is 3.